The van der Waals surface area contributed by atoms with Gasteiger partial charge < -0.3 is 15.4 Å². The molecule has 0 aliphatic rings. The molecule has 4 heteroatoms. The zero-order valence-electron chi connectivity index (χ0n) is 12.4. The van der Waals surface area contributed by atoms with Crippen LogP contribution in [-0.4, -0.2) is 22.3 Å². The van der Waals surface area contributed by atoms with E-state index in [2.05, 4.69) is 53.2 Å². The van der Waals surface area contributed by atoms with Crippen LogP contribution in [0.3, 0.4) is 0 Å². The van der Waals surface area contributed by atoms with Crippen LogP contribution in [0.2, 0.25) is 0 Å². The molecule has 0 bridgehead atoms. The summed E-state index contributed by atoms with van der Waals surface area (Å²) in [6.45, 7) is 0.855. The molecule has 0 amide bonds. The Morgan fingerprint density at radius 2 is 1.68 bits per heavy atom. The molecule has 1 heterocycles. The number of benzene rings is 2. The first kappa shape index (κ1) is 16.6. The van der Waals surface area contributed by atoms with Crippen molar-refractivity contribution in [2.24, 2.45) is 5.73 Å². The molecule has 1 unspecified atom stereocenters. The van der Waals surface area contributed by atoms with E-state index in [4.69, 9.17) is 5.73 Å². The molecular formula is C18H21ClN2O. The highest BCUT2D eigenvalue weighted by Gasteiger charge is 2.11. The number of aliphatic hydroxyl groups is 1. The lowest BCUT2D eigenvalue weighted by Gasteiger charge is -2.06. The van der Waals surface area contributed by atoms with E-state index in [1.54, 1.807) is 0 Å². The van der Waals surface area contributed by atoms with E-state index in [1.807, 2.05) is 12.1 Å². The second kappa shape index (κ2) is 7.45. The normalized spacial score (nSPS) is 12.1. The minimum absolute atomic E-state index is 0. The maximum atomic E-state index is 9.18. The Bertz CT molecular complexity index is 724. The van der Waals surface area contributed by atoms with E-state index in [1.165, 1.54) is 22.0 Å². The second-order valence-corrected chi connectivity index (χ2v) is 5.43. The molecule has 0 fully saturated rings. The summed E-state index contributed by atoms with van der Waals surface area (Å²) in [6, 6.07) is 18.6. The summed E-state index contributed by atoms with van der Waals surface area (Å²) in [6.07, 6.45) is 2.85. The van der Waals surface area contributed by atoms with Gasteiger partial charge in [0.1, 0.15) is 0 Å². The van der Waals surface area contributed by atoms with Gasteiger partial charge in [-0.1, -0.05) is 48.5 Å². The number of aromatic nitrogens is 1. The Balaban J connectivity index is 0.00000176. The number of nitrogens with two attached hydrogens (primary N) is 1. The highest BCUT2D eigenvalue weighted by atomic mass is 35.5. The third-order valence-corrected chi connectivity index (χ3v) is 3.78. The fourth-order valence-electron chi connectivity index (χ4n) is 2.74. The first-order valence-electron chi connectivity index (χ1n) is 7.25. The molecule has 3 N–H and O–H groups in total. The highest BCUT2D eigenvalue weighted by Crippen LogP contribution is 2.23. The minimum Gasteiger partial charge on any atom is -0.395 e. The summed E-state index contributed by atoms with van der Waals surface area (Å²) >= 11 is 0. The maximum Gasteiger partial charge on any atom is 0.0585 e. The summed E-state index contributed by atoms with van der Waals surface area (Å²) in [7, 11) is 0. The van der Waals surface area contributed by atoms with Crippen LogP contribution in [0.15, 0.2) is 60.8 Å². The molecule has 22 heavy (non-hydrogen) atoms. The van der Waals surface area contributed by atoms with Crippen LogP contribution in [0.1, 0.15) is 11.1 Å². The minimum atomic E-state index is -0.207. The van der Waals surface area contributed by atoms with Crippen LogP contribution in [0.25, 0.3) is 10.9 Å². The molecule has 1 aromatic heterocycles. The standard InChI is InChI=1S/C18H20N2O.ClH/c19-16(13-21)10-15-12-20(11-14-6-2-1-3-7-14)18-9-5-4-8-17(15)18;/h1-9,12,16,21H,10-11,13,19H2;1H. The lowest BCUT2D eigenvalue weighted by molar-refractivity contribution is 0.265. The van der Waals surface area contributed by atoms with Gasteiger partial charge >= 0.3 is 0 Å². The van der Waals surface area contributed by atoms with E-state index in [0.717, 1.165) is 6.54 Å². The van der Waals surface area contributed by atoms with Crippen molar-refractivity contribution >= 4 is 23.3 Å². The van der Waals surface area contributed by atoms with Crippen LogP contribution in [0, 0.1) is 0 Å². The fraction of sp³-hybridized carbons (Fsp3) is 0.222. The number of hydrogen-bond donors (Lipinski definition) is 2. The number of nitrogens with zero attached hydrogens (tertiary/aromatic N) is 1. The van der Waals surface area contributed by atoms with Crippen molar-refractivity contribution in [1.82, 2.24) is 4.57 Å². The summed E-state index contributed by atoms with van der Waals surface area (Å²) < 4.78 is 2.25. The monoisotopic (exact) mass is 316 g/mol. The topological polar surface area (TPSA) is 51.2 Å². The predicted octanol–water partition coefficient (Wildman–Crippen LogP) is 2.97. The number of rotatable bonds is 5. The summed E-state index contributed by atoms with van der Waals surface area (Å²) in [4.78, 5) is 0. The van der Waals surface area contributed by atoms with Gasteiger partial charge in [0.25, 0.3) is 0 Å². The molecule has 0 spiro atoms. The van der Waals surface area contributed by atoms with Crippen molar-refractivity contribution in [3.8, 4) is 0 Å². The Labute approximate surface area is 136 Å². The van der Waals surface area contributed by atoms with Crippen LogP contribution in [0.5, 0.6) is 0 Å². The van der Waals surface area contributed by atoms with Crippen molar-refractivity contribution in [1.29, 1.82) is 0 Å². The third kappa shape index (κ3) is 3.50. The number of para-hydroxylation sites is 1. The van der Waals surface area contributed by atoms with Gasteiger partial charge in [-0.05, 0) is 23.6 Å². The molecule has 0 aliphatic carbocycles. The van der Waals surface area contributed by atoms with Gasteiger partial charge in [0.15, 0.2) is 0 Å². The van der Waals surface area contributed by atoms with E-state index in [-0.39, 0.29) is 25.1 Å². The lowest BCUT2D eigenvalue weighted by Crippen LogP contribution is -2.26. The third-order valence-electron chi connectivity index (χ3n) is 3.78. The van der Waals surface area contributed by atoms with Crippen molar-refractivity contribution < 1.29 is 5.11 Å². The van der Waals surface area contributed by atoms with Crippen LogP contribution in [-0.2, 0) is 13.0 Å². The molecular weight excluding hydrogens is 296 g/mol. The predicted molar refractivity (Wildman–Crippen MR) is 93.5 cm³/mol. The van der Waals surface area contributed by atoms with E-state index in [9.17, 15) is 5.11 Å². The van der Waals surface area contributed by atoms with E-state index >= 15 is 0 Å². The van der Waals surface area contributed by atoms with Crippen LogP contribution < -0.4 is 5.73 Å². The molecule has 3 rings (SSSR count). The van der Waals surface area contributed by atoms with Crippen molar-refractivity contribution in [3.05, 3.63) is 71.9 Å². The molecule has 116 valence electrons. The fourth-order valence-corrected chi connectivity index (χ4v) is 2.74. The van der Waals surface area contributed by atoms with Gasteiger partial charge in [-0.15, -0.1) is 12.4 Å². The zero-order chi connectivity index (χ0) is 14.7. The maximum absolute atomic E-state index is 9.18. The zero-order valence-corrected chi connectivity index (χ0v) is 13.2. The van der Waals surface area contributed by atoms with Crippen molar-refractivity contribution in [2.45, 2.75) is 19.0 Å². The Morgan fingerprint density at radius 3 is 2.41 bits per heavy atom. The largest absolute Gasteiger partial charge is 0.395 e. The molecule has 0 saturated carbocycles. The summed E-state index contributed by atoms with van der Waals surface area (Å²) in [5, 5.41) is 10.4. The molecule has 3 aromatic rings. The molecule has 2 aromatic carbocycles. The average molecular weight is 317 g/mol. The quantitative estimate of drug-likeness (QED) is 0.760. The SMILES string of the molecule is Cl.NC(CO)Cc1cn(Cc2ccccc2)c2ccccc12. The molecule has 3 nitrogen and oxygen atoms in total. The van der Waals surface area contributed by atoms with Gasteiger partial charge in [0.2, 0.25) is 0 Å². The van der Waals surface area contributed by atoms with Gasteiger partial charge in [-0.3, -0.25) is 0 Å². The first-order chi connectivity index (χ1) is 10.3. The highest BCUT2D eigenvalue weighted by molar-refractivity contribution is 5.85. The van der Waals surface area contributed by atoms with Gasteiger partial charge in [-0.25, -0.2) is 0 Å². The smallest absolute Gasteiger partial charge is 0.0585 e. The Kier molecular flexibility index (Phi) is 5.61. The van der Waals surface area contributed by atoms with Gasteiger partial charge in [0, 0.05) is 29.7 Å². The average Bonchev–Trinajstić information content (AvgIpc) is 2.86. The number of aliphatic hydroxyl groups excluding tert-OH is 1. The number of halogens is 1. The van der Waals surface area contributed by atoms with Crippen LogP contribution >= 0.6 is 12.4 Å². The Morgan fingerprint density at radius 1 is 1.00 bits per heavy atom. The molecule has 0 radical (unpaired) electrons. The summed E-state index contributed by atoms with van der Waals surface area (Å²) in [5.74, 6) is 0. The van der Waals surface area contributed by atoms with Crippen molar-refractivity contribution in [3.63, 3.8) is 0 Å². The van der Waals surface area contributed by atoms with Crippen molar-refractivity contribution in [2.75, 3.05) is 6.61 Å². The summed E-state index contributed by atoms with van der Waals surface area (Å²) in [5.41, 5.74) is 9.58. The lowest BCUT2D eigenvalue weighted by atomic mass is 10.1. The van der Waals surface area contributed by atoms with E-state index < -0.39 is 0 Å². The Hall–Kier alpha value is -1.81. The number of hydrogen-bond acceptors (Lipinski definition) is 2. The van der Waals surface area contributed by atoms with Gasteiger partial charge in [0.05, 0.1) is 6.61 Å². The van der Waals surface area contributed by atoms with Crippen LogP contribution in [0.4, 0.5) is 0 Å². The van der Waals surface area contributed by atoms with Gasteiger partial charge in [-0.2, -0.15) is 0 Å². The molecule has 1 atom stereocenters. The van der Waals surface area contributed by atoms with E-state index in [0.29, 0.717) is 6.42 Å². The molecule has 0 saturated heterocycles. The number of fused-ring (bicyclic) bond motifs is 1. The first-order valence-corrected chi connectivity index (χ1v) is 7.25. The second-order valence-electron chi connectivity index (χ2n) is 5.43. The molecule has 0 aliphatic heterocycles.